The molecule has 0 saturated carbocycles. The molecule has 1 unspecified atom stereocenters. The minimum Gasteiger partial charge on any atom is -0.324 e. The molecule has 2 heteroatoms. The monoisotopic (exact) mass is 214 g/mol. The van der Waals surface area contributed by atoms with Crippen molar-refractivity contribution < 1.29 is 0 Å². The summed E-state index contributed by atoms with van der Waals surface area (Å²) in [5.41, 5.74) is 6.48. The van der Waals surface area contributed by atoms with Crippen LogP contribution < -0.4 is 11.1 Å². The summed E-state index contributed by atoms with van der Waals surface area (Å²) in [5.74, 6) is 0. The van der Waals surface area contributed by atoms with Crippen LogP contribution in [-0.4, -0.2) is 17.6 Å². The molecular weight excluding hydrogens is 184 g/mol. The zero-order valence-electron chi connectivity index (χ0n) is 11.3. The predicted octanol–water partition coefficient (Wildman–Crippen LogP) is 3.06. The standard InChI is InChI=1S/C13H30N2/c1-6-10-12(5,14)11-15-13(7-2,8-3)9-4/h15H,6-11,14H2,1-5H3. The lowest BCUT2D eigenvalue weighted by molar-refractivity contribution is 0.255. The summed E-state index contributed by atoms with van der Waals surface area (Å²) in [5, 5.41) is 3.68. The number of rotatable bonds is 8. The highest BCUT2D eigenvalue weighted by molar-refractivity contribution is 4.89. The first-order valence-corrected chi connectivity index (χ1v) is 6.49. The van der Waals surface area contributed by atoms with Crippen molar-refractivity contribution in [1.82, 2.24) is 5.32 Å². The van der Waals surface area contributed by atoms with Crippen molar-refractivity contribution in [3.05, 3.63) is 0 Å². The van der Waals surface area contributed by atoms with Gasteiger partial charge in [-0.05, 0) is 32.6 Å². The number of nitrogens with two attached hydrogens (primary N) is 1. The quantitative estimate of drug-likeness (QED) is 0.651. The largest absolute Gasteiger partial charge is 0.324 e. The molecule has 0 heterocycles. The maximum atomic E-state index is 6.24. The zero-order chi connectivity index (χ0) is 11.9. The molecule has 0 radical (unpaired) electrons. The normalized spacial score (nSPS) is 16.4. The highest BCUT2D eigenvalue weighted by Gasteiger charge is 2.26. The van der Waals surface area contributed by atoms with Gasteiger partial charge in [0.15, 0.2) is 0 Å². The van der Waals surface area contributed by atoms with E-state index in [-0.39, 0.29) is 5.54 Å². The van der Waals surface area contributed by atoms with Gasteiger partial charge in [0.1, 0.15) is 0 Å². The third kappa shape index (κ3) is 4.98. The van der Waals surface area contributed by atoms with E-state index >= 15 is 0 Å². The molecule has 0 rings (SSSR count). The summed E-state index contributed by atoms with van der Waals surface area (Å²) in [6.07, 6.45) is 5.80. The molecule has 0 amide bonds. The molecule has 0 saturated heterocycles. The van der Waals surface area contributed by atoms with Gasteiger partial charge < -0.3 is 11.1 Å². The molecule has 15 heavy (non-hydrogen) atoms. The first-order chi connectivity index (χ1) is 6.95. The van der Waals surface area contributed by atoms with E-state index in [0.717, 1.165) is 19.4 Å². The molecular formula is C13H30N2. The van der Waals surface area contributed by atoms with Gasteiger partial charge in [0.2, 0.25) is 0 Å². The first-order valence-electron chi connectivity index (χ1n) is 6.49. The lowest BCUT2D eigenvalue weighted by Crippen LogP contribution is -2.54. The average molecular weight is 214 g/mol. The highest BCUT2D eigenvalue weighted by Crippen LogP contribution is 2.20. The number of nitrogens with one attached hydrogen (secondary N) is 1. The van der Waals surface area contributed by atoms with Crippen LogP contribution in [-0.2, 0) is 0 Å². The van der Waals surface area contributed by atoms with Crippen molar-refractivity contribution in [3.63, 3.8) is 0 Å². The molecule has 0 aromatic rings. The van der Waals surface area contributed by atoms with Crippen molar-refractivity contribution in [2.75, 3.05) is 6.54 Å². The van der Waals surface area contributed by atoms with Crippen molar-refractivity contribution in [3.8, 4) is 0 Å². The first kappa shape index (κ1) is 14.9. The van der Waals surface area contributed by atoms with Gasteiger partial charge in [0, 0.05) is 17.6 Å². The number of hydrogen-bond acceptors (Lipinski definition) is 2. The van der Waals surface area contributed by atoms with Gasteiger partial charge in [-0.25, -0.2) is 0 Å². The third-order valence-corrected chi connectivity index (χ3v) is 3.72. The third-order valence-electron chi connectivity index (χ3n) is 3.72. The van der Waals surface area contributed by atoms with Crippen molar-refractivity contribution >= 4 is 0 Å². The molecule has 0 aliphatic carbocycles. The maximum absolute atomic E-state index is 6.24. The van der Waals surface area contributed by atoms with Crippen LogP contribution in [0.25, 0.3) is 0 Å². The van der Waals surface area contributed by atoms with Gasteiger partial charge in [-0.3, -0.25) is 0 Å². The van der Waals surface area contributed by atoms with Crippen LogP contribution in [0.5, 0.6) is 0 Å². The van der Waals surface area contributed by atoms with Crippen LogP contribution >= 0.6 is 0 Å². The van der Waals surface area contributed by atoms with E-state index in [1.165, 1.54) is 19.3 Å². The summed E-state index contributed by atoms with van der Waals surface area (Å²) >= 11 is 0. The van der Waals surface area contributed by atoms with Crippen molar-refractivity contribution in [2.24, 2.45) is 5.73 Å². The predicted molar refractivity (Wildman–Crippen MR) is 69.1 cm³/mol. The van der Waals surface area contributed by atoms with Crippen molar-refractivity contribution in [2.45, 2.75) is 77.8 Å². The van der Waals surface area contributed by atoms with Crippen LogP contribution in [0.15, 0.2) is 0 Å². The Balaban J connectivity index is 4.20. The highest BCUT2D eigenvalue weighted by atomic mass is 15.0. The summed E-state index contributed by atoms with van der Waals surface area (Å²) in [6, 6.07) is 0. The van der Waals surface area contributed by atoms with Crippen LogP contribution in [0.2, 0.25) is 0 Å². The van der Waals surface area contributed by atoms with E-state index < -0.39 is 0 Å². The van der Waals surface area contributed by atoms with Gasteiger partial charge in [-0.15, -0.1) is 0 Å². The Labute approximate surface area is 96.0 Å². The fraction of sp³-hybridized carbons (Fsp3) is 1.00. The van der Waals surface area contributed by atoms with E-state index in [4.69, 9.17) is 5.73 Å². The Morgan fingerprint density at radius 2 is 1.47 bits per heavy atom. The lowest BCUT2D eigenvalue weighted by atomic mass is 9.88. The molecule has 0 aliphatic rings. The van der Waals surface area contributed by atoms with Crippen LogP contribution in [0, 0.1) is 0 Å². The smallest absolute Gasteiger partial charge is 0.0252 e. The molecule has 0 spiro atoms. The molecule has 0 aromatic heterocycles. The topological polar surface area (TPSA) is 38.0 Å². The minimum absolute atomic E-state index is 0.0560. The van der Waals surface area contributed by atoms with Crippen LogP contribution in [0.1, 0.15) is 66.7 Å². The Morgan fingerprint density at radius 3 is 1.80 bits per heavy atom. The van der Waals surface area contributed by atoms with Gasteiger partial charge >= 0.3 is 0 Å². The summed E-state index contributed by atoms with van der Waals surface area (Å²) in [7, 11) is 0. The van der Waals surface area contributed by atoms with Gasteiger partial charge in [-0.1, -0.05) is 34.1 Å². The molecule has 2 nitrogen and oxygen atoms in total. The second kappa shape index (κ2) is 6.49. The maximum Gasteiger partial charge on any atom is 0.0252 e. The lowest BCUT2D eigenvalue weighted by Gasteiger charge is -2.36. The Bertz CT molecular complexity index is 152. The zero-order valence-corrected chi connectivity index (χ0v) is 11.3. The van der Waals surface area contributed by atoms with Crippen molar-refractivity contribution in [1.29, 1.82) is 0 Å². The molecule has 92 valence electrons. The fourth-order valence-corrected chi connectivity index (χ4v) is 2.17. The van der Waals surface area contributed by atoms with Gasteiger partial charge in [0.25, 0.3) is 0 Å². The average Bonchev–Trinajstić information content (AvgIpc) is 2.21. The van der Waals surface area contributed by atoms with E-state index in [9.17, 15) is 0 Å². The Morgan fingerprint density at radius 1 is 1.00 bits per heavy atom. The van der Waals surface area contributed by atoms with E-state index in [2.05, 4.69) is 39.9 Å². The Kier molecular flexibility index (Phi) is 6.46. The molecule has 0 aliphatic heterocycles. The Hall–Kier alpha value is -0.0800. The van der Waals surface area contributed by atoms with Gasteiger partial charge in [0.05, 0.1) is 0 Å². The molecule has 1 atom stereocenters. The second-order valence-electron chi connectivity index (χ2n) is 5.10. The minimum atomic E-state index is -0.0560. The van der Waals surface area contributed by atoms with E-state index in [1.807, 2.05) is 0 Å². The molecule has 0 aromatic carbocycles. The number of hydrogen-bond donors (Lipinski definition) is 2. The summed E-state index contributed by atoms with van der Waals surface area (Å²) in [6.45, 7) is 12.0. The van der Waals surface area contributed by atoms with E-state index in [0.29, 0.717) is 5.54 Å². The second-order valence-corrected chi connectivity index (χ2v) is 5.10. The van der Waals surface area contributed by atoms with E-state index in [1.54, 1.807) is 0 Å². The molecule has 3 N–H and O–H groups in total. The van der Waals surface area contributed by atoms with Gasteiger partial charge in [-0.2, -0.15) is 0 Å². The van der Waals surface area contributed by atoms with Crippen LogP contribution in [0.4, 0.5) is 0 Å². The summed E-state index contributed by atoms with van der Waals surface area (Å²) in [4.78, 5) is 0. The summed E-state index contributed by atoms with van der Waals surface area (Å²) < 4.78 is 0. The SMILES string of the molecule is CCCC(C)(N)CNC(CC)(CC)CC. The van der Waals surface area contributed by atoms with Crippen LogP contribution in [0.3, 0.4) is 0 Å². The molecule has 0 bridgehead atoms. The molecule has 0 fully saturated rings. The fourth-order valence-electron chi connectivity index (χ4n) is 2.17.